The van der Waals surface area contributed by atoms with Crippen LogP contribution in [0.15, 0.2) is 42.6 Å². The Morgan fingerprint density at radius 2 is 1.90 bits per heavy atom. The summed E-state index contributed by atoms with van der Waals surface area (Å²) in [5, 5.41) is 0. The van der Waals surface area contributed by atoms with Crippen molar-refractivity contribution in [3.05, 3.63) is 65.0 Å². The Hall–Kier alpha value is -1.67. The van der Waals surface area contributed by atoms with Crippen LogP contribution in [0.3, 0.4) is 0 Å². The fourth-order valence-electron chi connectivity index (χ4n) is 3.48. The molecule has 1 saturated heterocycles. The van der Waals surface area contributed by atoms with Crippen molar-refractivity contribution in [1.82, 2.24) is 0 Å². The zero-order valence-corrected chi connectivity index (χ0v) is 11.7. The summed E-state index contributed by atoms with van der Waals surface area (Å²) < 4.78 is 8.40. The second kappa shape index (κ2) is 5.02. The molecule has 1 unspecified atom stereocenters. The highest BCUT2D eigenvalue weighted by Crippen LogP contribution is 2.31. The predicted molar refractivity (Wildman–Crippen MR) is 77.5 cm³/mol. The molecule has 3 heterocycles. The third kappa shape index (κ3) is 2.04. The second-order valence-electron chi connectivity index (χ2n) is 5.84. The van der Waals surface area contributed by atoms with E-state index in [1.165, 1.54) is 41.6 Å². The van der Waals surface area contributed by atoms with Gasteiger partial charge >= 0.3 is 0 Å². The minimum atomic E-state index is 0.302. The number of nitrogens with zero attached hydrogens (tertiary/aromatic N) is 1. The Bertz CT molecular complexity index is 629. The average Bonchev–Trinajstić information content (AvgIpc) is 2.53. The topological polar surface area (TPSA) is 13.1 Å². The molecular weight excluding hydrogens is 246 g/mol. The first-order valence-corrected chi connectivity index (χ1v) is 7.61. The first kappa shape index (κ1) is 12.1. The van der Waals surface area contributed by atoms with Gasteiger partial charge in [0.15, 0.2) is 18.4 Å². The van der Waals surface area contributed by atoms with Crippen LogP contribution in [0.25, 0.3) is 0 Å². The van der Waals surface area contributed by atoms with Gasteiger partial charge in [0, 0.05) is 23.8 Å². The third-order valence-electron chi connectivity index (χ3n) is 4.57. The van der Waals surface area contributed by atoms with E-state index in [4.69, 9.17) is 4.74 Å². The van der Waals surface area contributed by atoms with Crippen molar-refractivity contribution in [1.29, 1.82) is 0 Å². The van der Waals surface area contributed by atoms with E-state index in [-0.39, 0.29) is 0 Å². The van der Waals surface area contributed by atoms with E-state index >= 15 is 0 Å². The second-order valence-corrected chi connectivity index (χ2v) is 5.84. The lowest BCUT2D eigenvalue weighted by atomic mass is 9.92. The molecule has 20 heavy (non-hydrogen) atoms. The van der Waals surface area contributed by atoms with Gasteiger partial charge in [0.1, 0.15) is 0 Å². The van der Waals surface area contributed by atoms with E-state index in [1.807, 2.05) is 0 Å². The Kier molecular flexibility index (Phi) is 3.04. The number of hydrogen-bond acceptors (Lipinski definition) is 1. The third-order valence-corrected chi connectivity index (χ3v) is 4.57. The Morgan fingerprint density at radius 1 is 1.00 bits per heavy atom. The first-order valence-electron chi connectivity index (χ1n) is 7.61. The monoisotopic (exact) mass is 266 g/mol. The van der Waals surface area contributed by atoms with Crippen molar-refractivity contribution in [2.75, 3.05) is 6.61 Å². The lowest BCUT2D eigenvalue weighted by molar-refractivity contribution is -0.698. The summed E-state index contributed by atoms with van der Waals surface area (Å²) in [5.41, 5.74) is 5.77. The number of fused-ring (bicyclic) bond motifs is 2. The van der Waals surface area contributed by atoms with E-state index < -0.39 is 0 Å². The molecule has 2 aromatic rings. The van der Waals surface area contributed by atoms with Gasteiger partial charge in [-0.25, -0.2) is 0 Å². The largest absolute Gasteiger partial charge is 0.373 e. The summed E-state index contributed by atoms with van der Waals surface area (Å²) in [7, 11) is 0. The normalized spacial score (nSPS) is 21.1. The van der Waals surface area contributed by atoms with Crippen molar-refractivity contribution < 1.29 is 9.30 Å². The van der Waals surface area contributed by atoms with E-state index in [0.717, 1.165) is 19.6 Å². The number of aromatic nitrogens is 1. The number of rotatable bonds is 1. The van der Waals surface area contributed by atoms with E-state index in [0.29, 0.717) is 6.10 Å². The van der Waals surface area contributed by atoms with Crippen LogP contribution in [0.5, 0.6) is 0 Å². The van der Waals surface area contributed by atoms with Gasteiger partial charge in [-0.05, 0) is 30.9 Å². The minimum Gasteiger partial charge on any atom is -0.373 e. The molecule has 1 aromatic heterocycles. The molecule has 0 saturated carbocycles. The fourth-order valence-corrected chi connectivity index (χ4v) is 3.48. The van der Waals surface area contributed by atoms with Crippen molar-refractivity contribution >= 4 is 0 Å². The quantitative estimate of drug-likeness (QED) is 0.617. The molecule has 1 atom stereocenters. The van der Waals surface area contributed by atoms with E-state index in [2.05, 4.69) is 47.2 Å². The first-order chi connectivity index (χ1) is 9.92. The van der Waals surface area contributed by atoms with Crippen LogP contribution >= 0.6 is 0 Å². The maximum absolute atomic E-state index is 6.00. The molecule has 2 aliphatic rings. The summed E-state index contributed by atoms with van der Waals surface area (Å²) in [6, 6.07) is 13.2. The van der Waals surface area contributed by atoms with Crippen molar-refractivity contribution in [2.45, 2.75) is 38.3 Å². The van der Waals surface area contributed by atoms with Gasteiger partial charge in [-0.3, -0.25) is 0 Å². The van der Waals surface area contributed by atoms with Crippen LogP contribution in [0.4, 0.5) is 0 Å². The predicted octanol–water partition coefficient (Wildman–Crippen LogP) is 3.17. The fraction of sp³-hybridized carbons (Fsp3) is 0.389. The molecule has 0 radical (unpaired) electrons. The summed E-state index contributed by atoms with van der Waals surface area (Å²) >= 11 is 0. The summed E-state index contributed by atoms with van der Waals surface area (Å²) in [6.07, 6.45) is 7.20. The molecule has 2 nitrogen and oxygen atoms in total. The van der Waals surface area contributed by atoms with Gasteiger partial charge in [-0.1, -0.05) is 24.3 Å². The van der Waals surface area contributed by atoms with Gasteiger partial charge < -0.3 is 4.74 Å². The SMILES string of the molecule is c1ccc2c(c1)Cc1c(C3CCCCO3)ccc[n+]1C2. The lowest BCUT2D eigenvalue weighted by Gasteiger charge is -2.25. The van der Waals surface area contributed by atoms with E-state index in [9.17, 15) is 0 Å². The van der Waals surface area contributed by atoms with Crippen molar-refractivity contribution in [3.8, 4) is 0 Å². The highest BCUT2D eigenvalue weighted by atomic mass is 16.5. The number of pyridine rings is 1. The Balaban J connectivity index is 1.74. The number of ether oxygens (including phenoxy) is 1. The van der Waals surface area contributed by atoms with Crippen LogP contribution in [0, 0.1) is 0 Å². The number of hydrogen-bond donors (Lipinski definition) is 0. The smallest absolute Gasteiger partial charge is 0.191 e. The Morgan fingerprint density at radius 3 is 2.75 bits per heavy atom. The highest BCUT2D eigenvalue weighted by Gasteiger charge is 2.28. The molecule has 2 heteroatoms. The molecule has 4 rings (SSSR count). The Labute approximate surface area is 120 Å². The van der Waals surface area contributed by atoms with Gasteiger partial charge in [0.05, 0.1) is 12.5 Å². The standard InChI is InChI=1S/C18H20NO/c1-2-7-15-13-19-10-5-8-16(17(19)12-14(15)6-1)18-9-3-4-11-20-18/h1-2,5-8,10,18H,3-4,9,11-13H2/q+1. The van der Waals surface area contributed by atoms with Gasteiger partial charge in [-0.2, -0.15) is 4.57 Å². The zero-order chi connectivity index (χ0) is 13.4. The van der Waals surface area contributed by atoms with Crippen LogP contribution in [0.2, 0.25) is 0 Å². The van der Waals surface area contributed by atoms with Gasteiger partial charge in [0.25, 0.3) is 0 Å². The van der Waals surface area contributed by atoms with Crippen LogP contribution < -0.4 is 4.57 Å². The molecule has 102 valence electrons. The summed E-state index contributed by atoms with van der Waals surface area (Å²) in [4.78, 5) is 0. The maximum Gasteiger partial charge on any atom is 0.191 e. The minimum absolute atomic E-state index is 0.302. The lowest BCUT2D eigenvalue weighted by Crippen LogP contribution is -2.43. The summed E-state index contributed by atoms with van der Waals surface area (Å²) in [6.45, 7) is 1.90. The maximum atomic E-state index is 6.00. The van der Waals surface area contributed by atoms with Crippen LogP contribution in [-0.2, 0) is 17.7 Å². The molecule has 0 aliphatic carbocycles. The zero-order valence-electron chi connectivity index (χ0n) is 11.7. The molecule has 0 N–H and O–H groups in total. The van der Waals surface area contributed by atoms with Crippen LogP contribution in [0.1, 0.15) is 47.8 Å². The number of benzene rings is 1. The van der Waals surface area contributed by atoms with Crippen molar-refractivity contribution in [2.24, 2.45) is 0 Å². The molecule has 2 aliphatic heterocycles. The molecule has 0 bridgehead atoms. The average molecular weight is 266 g/mol. The highest BCUT2D eigenvalue weighted by molar-refractivity contribution is 5.34. The van der Waals surface area contributed by atoms with Crippen molar-refractivity contribution in [3.63, 3.8) is 0 Å². The molecule has 0 amide bonds. The van der Waals surface area contributed by atoms with E-state index in [1.54, 1.807) is 0 Å². The van der Waals surface area contributed by atoms with Gasteiger partial charge in [0.2, 0.25) is 0 Å². The summed E-state index contributed by atoms with van der Waals surface area (Å²) in [5.74, 6) is 0. The molecule has 1 aromatic carbocycles. The van der Waals surface area contributed by atoms with Gasteiger partial charge in [-0.15, -0.1) is 0 Å². The molecule has 0 spiro atoms. The molecule has 1 fully saturated rings. The molecular formula is C18H20NO+. The van der Waals surface area contributed by atoms with Crippen LogP contribution in [-0.4, -0.2) is 6.61 Å².